The lowest BCUT2D eigenvalue weighted by Gasteiger charge is -2.27. The number of fused-ring (bicyclic) bond motifs is 3. The monoisotopic (exact) mass is 419 g/mol. The molecule has 7 heteroatoms. The minimum Gasteiger partial charge on any atom is -0.474 e. The zero-order valence-corrected chi connectivity index (χ0v) is 18.3. The van der Waals surface area contributed by atoms with Crippen LogP contribution in [0.2, 0.25) is 0 Å². The number of aryl methyl sites for hydroxylation is 1. The van der Waals surface area contributed by atoms with Gasteiger partial charge in [-0.1, -0.05) is 30.3 Å². The van der Waals surface area contributed by atoms with Crippen LogP contribution in [0.5, 0.6) is 5.88 Å². The third-order valence-electron chi connectivity index (χ3n) is 5.26. The van der Waals surface area contributed by atoms with Crippen molar-refractivity contribution in [3.63, 3.8) is 0 Å². The molecule has 1 aliphatic heterocycles. The van der Waals surface area contributed by atoms with E-state index in [0.717, 1.165) is 63.8 Å². The number of benzene rings is 1. The summed E-state index contributed by atoms with van der Waals surface area (Å²) in [5.74, 6) is 1.40. The van der Waals surface area contributed by atoms with Crippen LogP contribution in [0.4, 0.5) is 5.95 Å². The number of thiophene rings is 1. The van der Waals surface area contributed by atoms with Crippen molar-refractivity contribution in [1.82, 2.24) is 20.3 Å². The molecule has 0 radical (unpaired) electrons. The van der Waals surface area contributed by atoms with Gasteiger partial charge >= 0.3 is 0 Å². The molecule has 6 nitrogen and oxygen atoms in total. The second-order valence-electron chi connectivity index (χ2n) is 7.88. The number of piperazine rings is 1. The molecule has 1 saturated heterocycles. The third-order valence-corrected chi connectivity index (χ3v) is 6.32. The zero-order chi connectivity index (χ0) is 20.7. The molecular weight excluding hydrogens is 394 g/mol. The SMILES string of the molecule is Cc1cc(-c2ccccc2)nc2sc3c(OC(C)C)nc(N4CCNCC4)nc3c12. The van der Waals surface area contributed by atoms with E-state index in [1.54, 1.807) is 11.3 Å². The highest BCUT2D eigenvalue weighted by atomic mass is 32.1. The van der Waals surface area contributed by atoms with E-state index < -0.39 is 0 Å². The van der Waals surface area contributed by atoms with Crippen molar-refractivity contribution in [2.24, 2.45) is 0 Å². The lowest BCUT2D eigenvalue weighted by atomic mass is 10.1. The molecule has 4 heterocycles. The lowest BCUT2D eigenvalue weighted by molar-refractivity contribution is 0.236. The largest absolute Gasteiger partial charge is 0.474 e. The number of hydrogen-bond acceptors (Lipinski definition) is 7. The molecule has 3 aromatic heterocycles. The molecule has 0 amide bonds. The molecule has 1 N–H and O–H groups in total. The van der Waals surface area contributed by atoms with Crippen molar-refractivity contribution in [2.45, 2.75) is 26.9 Å². The Kier molecular flexibility index (Phi) is 5.00. The van der Waals surface area contributed by atoms with Crippen molar-refractivity contribution in [3.05, 3.63) is 42.0 Å². The van der Waals surface area contributed by atoms with Crippen molar-refractivity contribution >= 4 is 37.7 Å². The molecule has 1 fully saturated rings. The third kappa shape index (κ3) is 3.48. The summed E-state index contributed by atoms with van der Waals surface area (Å²) in [6, 6.07) is 12.5. The minimum absolute atomic E-state index is 0.0399. The highest BCUT2D eigenvalue weighted by Gasteiger charge is 2.22. The number of pyridine rings is 1. The van der Waals surface area contributed by atoms with Gasteiger partial charge in [0.1, 0.15) is 15.0 Å². The van der Waals surface area contributed by atoms with Gasteiger partial charge in [0.2, 0.25) is 11.8 Å². The first-order valence-corrected chi connectivity index (χ1v) is 11.2. The Bertz CT molecular complexity index is 1200. The number of hydrogen-bond donors (Lipinski definition) is 1. The van der Waals surface area contributed by atoms with Gasteiger partial charge in [-0.2, -0.15) is 4.98 Å². The predicted octanol–water partition coefficient (Wildman–Crippen LogP) is 4.41. The molecule has 30 heavy (non-hydrogen) atoms. The van der Waals surface area contributed by atoms with Crippen LogP contribution in [0, 0.1) is 6.92 Å². The van der Waals surface area contributed by atoms with Gasteiger partial charge in [0.05, 0.1) is 11.8 Å². The summed E-state index contributed by atoms with van der Waals surface area (Å²) in [5, 5.41) is 4.49. The molecule has 5 rings (SSSR count). The predicted molar refractivity (Wildman–Crippen MR) is 124 cm³/mol. The number of nitrogens with zero attached hydrogens (tertiary/aromatic N) is 4. The van der Waals surface area contributed by atoms with Gasteiger partial charge in [-0.25, -0.2) is 9.97 Å². The first-order valence-electron chi connectivity index (χ1n) is 10.4. The summed E-state index contributed by atoms with van der Waals surface area (Å²) in [4.78, 5) is 18.0. The molecule has 0 spiro atoms. The van der Waals surface area contributed by atoms with Crippen LogP contribution in [0.1, 0.15) is 19.4 Å². The summed E-state index contributed by atoms with van der Waals surface area (Å²) in [6.07, 6.45) is 0.0399. The quantitative estimate of drug-likeness (QED) is 0.529. The van der Waals surface area contributed by atoms with E-state index in [1.807, 2.05) is 32.0 Å². The Morgan fingerprint density at radius 1 is 1.07 bits per heavy atom. The van der Waals surface area contributed by atoms with Gasteiger partial charge in [0.25, 0.3) is 0 Å². The minimum atomic E-state index is 0.0399. The molecule has 1 aromatic carbocycles. The average Bonchev–Trinajstić information content (AvgIpc) is 3.14. The molecule has 1 aliphatic rings. The van der Waals surface area contributed by atoms with Crippen molar-refractivity contribution in [1.29, 1.82) is 0 Å². The Balaban J connectivity index is 1.72. The molecule has 0 saturated carbocycles. The molecule has 0 bridgehead atoms. The van der Waals surface area contributed by atoms with Crippen LogP contribution in [-0.4, -0.2) is 47.2 Å². The van der Waals surface area contributed by atoms with Crippen LogP contribution >= 0.6 is 11.3 Å². The first-order chi connectivity index (χ1) is 14.6. The lowest BCUT2D eigenvalue weighted by Crippen LogP contribution is -2.44. The fourth-order valence-corrected chi connectivity index (χ4v) is 4.97. The van der Waals surface area contributed by atoms with E-state index in [2.05, 4.69) is 35.3 Å². The van der Waals surface area contributed by atoms with E-state index in [-0.39, 0.29) is 6.10 Å². The summed E-state index contributed by atoms with van der Waals surface area (Å²) >= 11 is 1.62. The number of rotatable bonds is 4. The molecular formula is C23H25N5OS. The highest BCUT2D eigenvalue weighted by molar-refractivity contribution is 7.25. The fraction of sp³-hybridized carbons (Fsp3) is 0.348. The normalized spacial score (nSPS) is 14.7. The standard InChI is InChI=1S/C23H25N5OS/c1-14(2)29-21-20-19(26-23(27-21)28-11-9-24-10-12-28)18-15(3)13-17(25-22(18)30-20)16-7-5-4-6-8-16/h4-8,13-14,24H,9-12H2,1-3H3. The Morgan fingerprint density at radius 3 is 2.57 bits per heavy atom. The van der Waals surface area contributed by atoms with Gasteiger partial charge in [-0.3, -0.25) is 0 Å². The molecule has 0 atom stereocenters. The van der Waals surface area contributed by atoms with Crippen molar-refractivity contribution in [3.8, 4) is 17.1 Å². The topological polar surface area (TPSA) is 63.2 Å². The molecule has 154 valence electrons. The van der Waals surface area contributed by atoms with Gasteiger partial charge in [-0.05, 0) is 32.4 Å². The Labute approximate surface area is 179 Å². The summed E-state index contributed by atoms with van der Waals surface area (Å²) in [6.45, 7) is 9.86. The average molecular weight is 420 g/mol. The number of ether oxygens (including phenoxy) is 1. The second kappa shape index (κ2) is 7.81. The van der Waals surface area contributed by atoms with Crippen LogP contribution in [-0.2, 0) is 0 Å². The maximum absolute atomic E-state index is 6.13. The Morgan fingerprint density at radius 2 is 1.83 bits per heavy atom. The number of aromatic nitrogens is 3. The Hall–Kier alpha value is -2.77. The van der Waals surface area contributed by atoms with Gasteiger partial charge < -0.3 is 15.0 Å². The molecule has 0 unspecified atom stereocenters. The number of nitrogens with one attached hydrogen (secondary N) is 1. The maximum atomic E-state index is 6.13. The van der Waals surface area contributed by atoms with Crippen LogP contribution < -0.4 is 15.0 Å². The smallest absolute Gasteiger partial charge is 0.237 e. The van der Waals surface area contributed by atoms with Crippen molar-refractivity contribution in [2.75, 3.05) is 31.1 Å². The van der Waals surface area contributed by atoms with E-state index in [9.17, 15) is 0 Å². The summed E-state index contributed by atoms with van der Waals surface area (Å²) in [7, 11) is 0. The van der Waals surface area contributed by atoms with E-state index >= 15 is 0 Å². The molecule has 0 aliphatic carbocycles. The van der Waals surface area contributed by atoms with Gasteiger partial charge in [0.15, 0.2) is 0 Å². The summed E-state index contributed by atoms with van der Waals surface area (Å²) in [5.41, 5.74) is 4.21. The van der Waals surface area contributed by atoms with E-state index in [0.29, 0.717) is 5.88 Å². The van der Waals surface area contributed by atoms with Crippen LogP contribution in [0.3, 0.4) is 0 Å². The highest BCUT2D eigenvalue weighted by Crippen LogP contribution is 2.40. The van der Waals surface area contributed by atoms with Crippen molar-refractivity contribution < 1.29 is 4.74 Å². The summed E-state index contributed by atoms with van der Waals surface area (Å²) < 4.78 is 7.10. The number of anilines is 1. The van der Waals surface area contributed by atoms with Crippen LogP contribution in [0.25, 0.3) is 31.7 Å². The zero-order valence-electron chi connectivity index (χ0n) is 17.5. The second-order valence-corrected chi connectivity index (χ2v) is 8.88. The van der Waals surface area contributed by atoms with E-state index in [4.69, 9.17) is 19.7 Å². The fourth-order valence-electron chi connectivity index (χ4n) is 3.85. The van der Waals surface area contributed by atoms with Gasteiger partial charge in [0, 0.05) is 37.1 Å². The van der Waals surface area contributed by atoms with E-state index in [1.165, 1.54) is 5.56 Å². The van der Waals surface area contributed by atoms with Crippen LogP contribution in [0.15, 0.2) is 36.4 Å². The van der Waals surface area contributed by atoms with Gasteiger partial charge in [-0.15, -0.1) is 11.3 Å². The molecule has 4 aromatic rings. The maximum Gasteiger partial charge on any atom is 0.237 e. The first kappa shape index (κ1) is 19.2.